The van der Waals surface area contributed by atoms with Gasteiger partial charge in [0.05, 0.1) is 32.0 Å². The first-order valence-electron chi connectivity index (χ1n) is 11.2. The number of rotatable bonds is 5. The van der Waals surface area contributed by atoms with Gasteiger partial charge >= 0.3 is 0 Å². The number of anilines is 4. The minimum atomic E-state index is -0.384. The molecule has 0 aliphatic rings. The van der Waals surface area contributed by atoms with E-state index in [4.69, 9.17) is 46.3 Å². The van der Waals surface area contributed by atoms with Crippen LogP contribution in [0.4, 0.5) is 22.7 Å². The van der Waals surface area contributed by atoms with Crippen LogP contribution in [0.25, 0.3) is 22.4 Å². The molecule has 0 aliphatic carbocycles. The number of halogens is 3. The van der Waals surface area contributed by atoms with Crippen molar-refractivity contribution in [3.63, 3.8) is 0 Å². The summed E-state index contributed by atoms with van der Waals surface area (Å²) in [6, 6.07) is 19.7. The van der Waals surface area contributed by atoms with E-state index in [9.17, 15) is 9.59 Å². The first-order chi connectivity index (χ1) is 18.2. The van der Waals surface area contributed by atoms with Crippen LogP contribution in [0.2, 0.25) is 15.1 Å². The van der Waals surface area contributed by atoms with Gasteiger partial charge in [-0.3, -0.25) is 9.59 Å². The van der Waals surface area contributed by atoms with Crippen LogP contribution in [0.3, 0.4) is 0 Å². The molecular weight excluding hydrogens is 547 g/mol. The van der Waals surface area contributed by atoms with Crippen LogP contribution >= 0.6 is 34.8 Å². The fraction of sp³-hybridized carbons (Fsp3) is 0. The summed E-state index contributed by atoms with van der Waals surface area (Å²) in [4.78, 5) is 33.0. The number of nitrogens with zero attached hydrogens (tertiary/aromatic N) is 1. The van der Waals surface area contributed by atoms with Gasteiger partial charge in [-0.15, -0.1) is 0 Å². The maximum atomic E-state index is 12.6. The summed E-state index contributed by atoms with van der Waals surface area (Å²) in [6.07, 6.45) is 0. The van der Waals surface area contributed by atoms with Crippen molar-refractivity contribution in [3.05, 3.63) is 99.0 Å². The van der Waals surface area contributed by atoms with E-state index in [0.717, 1.165) is 0 Å². The summed E-state index contributed by atoms with van der Waals surface area (Å²) in [6.45, 7) is 0. The van der Waals surface area contributed by atoms with Gasteiger partial charge in [-0.25, -0.2) is 4.98 Å². The predicted octanol–water partition coefficient (Wildman–Crippen LogP) is 6.86. The van der Waals surface area contributed by atoms with Gasteiger partial charge in [0.15, 0.2) is 0 Å². The number of hydrogen-bond donors (Lipinski definition) is 5. The monoisotopic (exact) mass is 564 g/mol. The Bertz CT molecular complexity index is 1680. The summed E-state index contributed by atoms with van der Waals surface area (Å²) in [5, 5.41) is 6.23. The highest BCUT2D eigenvalue weighted by atomic mass is 35.5. The molecule has 4 aromatic carbocycles. The Labute approximate surface area is 231 Å². The number of nitrogens with two attached hydrogens (primary N) is 2. The minimum absolute atomic E-state index is 0.222. The molecule has 5 aromatic rings. The molecule has 8 nitrogen and oxygen atoms in total. The lowest BCUT2D eigenvalue weighted by molar-refractivity contribution is 0.101. The number of imidazole rings is 1. The zero-order valence-electron chi connectivity index (χ0n) is 19.5. The van der Waals surface area contributed by atoms with E-state index >= 15 is 0 Å². The second kappa shape index (κ2) is 10.3. The number of carbonyl (C=O) groups is 2. The summed E-state index contributed by atoms with van der Waals surface area (Å²) < 4.78 is 0. The third-order valence-corrected chi connectivity index (χ3v) is 6.72. The van der Waals surface area contributed by atoms with E-state index in [0.29, 0.717) is 50.6 Å². The van der Waals surface area contributed by atoms with Crippen molar-refractivity contribution < 1.29 is 9.59 Å². The number of aromatic amines is 1. The Morgan fingerprint density at radius 3 is 1.82 bits per heavy atom. The molecule has 190 valence electrons. The molecule has 0 saturated carbocycles. The third-order valence-electron chi connectivity index (χ3n) is 5.74. The second-order valence-corrected chi connectivity index (χ2v) is 9.57. The Kier molecular flexibility index (Phi) is 6.86. The lowest BCUT2D eigenvalue weighted by atomic mass is 10.1. The van der Waals surface area contributed by atoms with Crippen LogP contribution in [-0.2, 0) is 0 Å². The normalized spacial score (nSPS) is 10.9. The van der Waals surface area contributed by atoms with Gasteiger partial charge in [0.2, 0.25) is 0 Å². The molecule has 0 unspecified atom stereocenters. The molecule has 0 atom stereocenters. The summed E-state index contributed by atoms with van der Waals surface area (Å²) >= 11 is 19.5. The van der Waals surface area contributed by atoms with Crippen LogP contribution in [0.15, 0.2) is 72.8 Å². The highest BCUT2D eigenvalue weighted by molar-refractivity contribution is 6.40. The van der Waals surface area contributed by atoms with Gasteiger partial charge in [-0.1, -0.05) is 34.8 Å². The average molecular weight is 566 g/mol. The molecule has 0 saturated heterocycles. The molecule has 7 N–H and O–H groups in total. The van der Waals surface area contributed by atoms with Crippen molar-refractivity contribution in [2.45, 2.75) is 0 Å². The molecule has 0 fully saturated rings. The number of benzene rings is 4. The first-order valence-corrected chi connectivity index (χ1v) is 12.3. The predicted molar refractivity (Wildman–Crippen MR) is 154 cm³/mol. The number of amides is 2. The lowest BCUT2D eigenvalue weighted by Gasteiger charge is -2.11. The number of carbonyl (C=O) groups excluding carboxylic acids is 2. The molecular formula is C27H19Cl3N6O2. The van der Waals surface area contributed by atoms with Gasteiger partial charge in [0, 0.05) is 28.1 Å². The standard InChI is InChI=1S/C27H19Cl3N6O2/c28-18-11-15(12-19(29)23(18)36-27(38)14-3-7-17(32)8-4-14)25-33-21-10-9-20(22(30)24(21)35-25)34-26(37)13-1-5-16(31)6-2-13/h1-12H,31-32H2,(H,33,35)(H,34,37)(H,36,38). The molecule has 5 rings (SSSR count). The molecule has 2 amide bonds. The van der Waals surface area contributed by atoms with Crippen LogP contribution in [0, 0.1) is 0 Å². The molecule has 0 aliphatic heterocycles. The first kappa shape index (κ1) is 25.4. The number of aromatic nitrogens is 2. The highest BCUT2D eigenvalue weighted by Gasteiger charge is 2.18. The Morgan fingerprint density at radius 2 is 1.26 bits per heavy atom. The van der Waals surface area contributed by atoms with E-state index in [1.807, 2.05) is 0 Å². The van der Waals surface area contributed by atoms with Crippen LogP contribution in [-0.4, -0.2) is 21.8 Å². The summed E-state index contributed by atoms with van der Waals surface area (Å²) in [7, 11) is 0. The molecule has 38 heavy (non-hydrogen) atoms. The molecule has 11 heteroatoms. The number of nitrogen functional groups attached to an aromatic ring is 2. The summed E-state index contributed by atoms with van der Waals surface area (Å²) in [5.74, 6) is -0.271. The van der Waals surface area contributed by atoms with Crippen molar-refractivity contribution in [1.29, 1.82) is 0 Å². The van der Waals surface area contributed by atoms with Gasteiger partial charge in [0.25, 0.3) is 11.8 Å². The van der Waals surface area contributed by atoms with E-state index in [1.165, 1.54) is 0 Å². The van der Waals surface area contributed by atoms with Crippen molar-refractivity contribution in [3.8, 4) is 11.4 Å². The second-order valence-electron chi connectivity index (χ2n) is 8.38. The van der Waals surface area contributed by atoms with Gasteiger partial charge < -0.3 is 27.1 Å². The zero-order chi connectivity index (χ0) is 27.0. The number of fused-ring (bicyclic) bond motifs is 1. The quantitative estimate of drug-likeness (QED) is 0.148. The van der Waals surface area contributed by atoms with Crippen molar-refractivity contribution in [2.75, 3.05) is 22.1 Å². The maximum Gasteiger partial charge on any atom is 0.255 e. The molecule has 0 bridgehead atoms. The lowest BCUT2D eigenvalue weighted by Crippen LogP contribution is -2.12. The molecule has 0 radical (unpaired) electrons. The van der Waals surface area contributed by atoms with Crippen molar-refractivity contribution in [1.82, 2.24) is 9.97 Å². The van der Waals surface area contributed by atoms with Crippen molar-refractivity contribution in [2.24, 2.45) is 0 Å². The SMILES string of the molecule is Nc1ccc(C(=O)Nc2ccc3[nH]c(-c4cc(Cl)c(NC(=O)c5ccc(N)cc5)c(Cl)c4)nc3c2Cl)cc1. The van der Waals surface area contributed by atoms with E-state index in [2.05, 4.69) is 20.6 Å². The maximum absolute atomic E-state index is 12.6. The zero-order valence-corrected chi connectivity index (χ0v) is 21.7. The number of H-pyrrole nitrogens is 1. The van der Waals surface area contributed by atoms with Crippen molar-refractivity contribution >= 4 is 80.4 Å². The highest BCUT2D eigenvalue weighted by Crippen LogP contribution is 2.37. The van der Waals surface area contributed by atoms with Gasteiger partial charge in [-0.2, -0.15) is 0 Å². The smallest absolute Gasteiger partial charge is 0.255 e. The third kappa shape index (κ3) is 5.10. The van der Waals surface area contributed by atoms with E-state index < -0.39 is 0 Å². The van der Waals surface area contributed by atoms with Gasteiger partial charge in [0.1, 0.15) is 11.3 Å². The fourth-order valence-electron chi connectivity index (χ4n) is 3.75. The van der Waals surface area contributed by atoms with E-state index in [-0.39, 0.29) is 32.6 Å². The van der Waals surface area contributed by atoms with Gasteiger partial charge in [-0.05, 0) is 72.8 Å². The number of nitrogens with one attached hydrogen (secondary N) is 3. The average Bonchev–Trinajstić information content (AvgIpc) is 3.34. The van der Waals surface area contributed by atoms with E-state index in [1.54, 1.807) is 72.8 Å². The molecule has 0 spiro atoms. The van der Waals surface area contributed by atoms with Crippen LogP contribution < -0.4 is 22.1 Å². The Morgan fingerprint density at radius 1 is 0.737 bits per heavy atom. The largest absolute Gasteiger partial charge is 0.399 e. The fourth-order valence-corrected chi connectivity index (χ4v) is 4.59. The molecule has 1 heterocycles. The minimum Gasteiger partial charge on any atom is -0.399 e. The topological polar surface area (TPSA) is 139 Å². The summed E-state index contributed by atoms with van der Waals surface area (Å²) in [5.41, 5.74) is 15.6. The molecule has 1 aromatic heterocycles. The van der Waals surface area contributed by atoms with Crippen LogP contribution in [0.1, 0.15) is 20.7 Å². The Hall–Kier alpha value is -4.24. The Balaban J connectivity index is 1.41. The number of hydrogen-bond acceptors (Lipinski definition) is 5. The van der Waals surface area contributed by atoms with Crippen LogP contribution in [0.5, 0.6) is 0 Å².